The first-order valence-corrected chi connectivity index (χ1v) is 13.0. The van der Waals surface area contributed by atoms with Crippen molar-refractivity contribution in [3.05, 3.63) is 35.4 Å². The first-order chi connectivity index (χ1) is 16.9. The van der Waals surface area contributed by atoms with Gasteiger partial charge >= 0.3 is 0 Å². The van der Waals surface area contributed by atoms with Gasteiger partial charge < -0.3 is 10.2 Å². The molecule has 2 aromatic heterocycles. The highest BCUT2D eigenvalue weighted by Gasteiger charge is 2.32. The molecule has 2 N–H and O–H groups in total. The molecule has 0 atom stereocenters. The molecular formula is C29H42N6O2. The Kier molecular flexibility index (Phi) is 6.33. The molecule has 0 bridgehead atoms. The van der Waals surface area contributed by atoms with Gasteiger partial charge in [-0.2, -0.15) is 0 Å². The second-order valence-corrected chi connectivity index (χ2v) is 14.3. The predicted molar refractivity (Wildman–Crippen MR) is 148 cm³/mol. The summed E-state index contributed by atoms with van der Waals surface area (Å²) < 4.78 is 3.45. The highest BCUT2D eigenvalue weighted by Crippen LogP contribution is 2.42. The van der Waals surface area contributed by atoms with Crippen LogP contribution in [0.4, 0.5) is 0 Å². The summed E-state index contributed by atoms with van der Waals surface area (Å²) in [6.07, 6.45) is 1.84. The van der Waals surface area contributed by atoms with Gasteiger partial charge in [-0.3, -0.25) is 0 Å². The Morgan fingerprint density at radius 3 is 1.27 bits per heavy atom. The van der Waals surface area contributed by atoms with E-state index in [1.165, 1.54) is 0 Å². The molecule has 0 aliphatic carbocycles. The van der Waals surface area contributed by atoms with Crippen molar-refractivity contribution >= 4 is 22.1 Å². The average Bonchev–Trinajstić information content (AvgIpc) is 3.28. The van der Waals surface area contributed by atoms with Gasteiger partial charge in [0.2, 0.25) is 0 Å². The molecule has 0 amide bonds. The maximum atomic E-state index is 10.6. The Morgan fingerprint density at radius 1 is 0.595 bits per heavy atom. The van der Waals surface area contributed by atoms with Gasteiger partial charge in [-0.05, 0) is 57.8 Å². The number of aromatic nitrogens is 6. The fourth-order valence-electron chi connectivity index (χ4n) is 6.32. The van der Waals surface area contributed by atoms with Crippen LogP contribution in [0, 0.1) is 10.8 Å². The Balaban J connectivity index is 1.79. The van der Waals surface area contributed by atoms with Crippen LogP contribution in [0.15, 0.2) is 24.3 Å². The van der Waals surface area contributed by atoms with E-state index in [1.54, 1.807) is 33.6 Å². The lowest BCUT2D eigenvalue weighted by atomic mass is 9.72. The molecule has 0 aliphatic rings. The van der Waals surface area contributed by atoms with Crippen LogP contribution < -0.4 is 0 Å². The summed E-state index contributed by atoms with van der Waals surface area (Å²) in [7, 11) is 0. The number of rotatable bonds is 6. The Morgan fingerprint density at radius 2 is 0.946 bits per heavy atom. The van der Waals surface area contributed by atoms with Crippen molar-refractivity contribution < 1.29 is 10.2 Å². The summed E-state index contributed by atoms with van der Waals surface area (Å²) in [6.45, 7) is 22.3. The molecule has 200 valence electrons. The second kappa shape index (κ2) is 8.71. The summed E-state index contributed by atoms with van der Waals surface area (Å²) in [6, 6.07) is 7.00. The summed E-state index contributed by atoms with van der Waals surface area (Å²) >= 11 is 0. The van der Waals surface area contributed by atoms with Crippen molar-refractivity contribution in [3.8, 4) is 11.5 Å². The number of phenolic OH excluding ortho intramolecular Hbond substituents is 2. The van der Waals surface area contributed by atoms with Crippen molar-refractivity contribution in [1.29, 1.82) is 0 Å². The van der Waals surface area contributed by atoms with E-state index in [9.17, 15) is 10.2 Å². The molecule has 8 nitrogen and oxygen atoms in total. The van der Waals surface area contributed by atoms with E-state index < -0.39 is 0 Å². The molecule has 8 heteroatoms. The Labute approximate surface area is 219 Å². The molecule has 0 unspecified atom stereocenters. The molecule has 2 heterocycles. The minimum Gasteiger partial charge on any atom is -0.508 e. The van der Waals surface area contributed by atoms with Gasteiger partial charge in [-0.25, -0.2) is 9.36 Å². The third-order valence-electron chi connectivity index (χ3n) is 6.88. The molecule has 37 heavy (non-hydrogen) atoms. The van der Waals surface area contributed by atoms with E-state index in [1.807, 2.05) is 0 Å². The number of nitrogens with zero attached hydrogens (tertiary/aromatic N) is 6. The van der Waals surface area contributed by atoms with Gasteiger partial charge in [-0.15, -0.1) is 10.2 Å². The lowest BCUT2D eigenvalue weighted by molar-refractivity contribution is 0.284. The number of hydrogen-bond donors (Lipinski definition) is 2. The van der Waals surface area contributed by atoms with Gasteiger partial charge in [0, 0.05) is 12.1 Å². The van der Waals surface area contributed by atoms with E-state index in [2.05, 4.69) is 89.9 Å². The van der Waals surface area contributed by atoms with Crippen LogP contribution in [0.25, 0.3) is 22.1 Å². The molecule has 0 spiro atoms. The second-order valence-electron chi connectivity index (χ2n) is 14.3. The third kappa shape index (κ3) is 5.58. The largest absolute Gasteiger partial charge is 0.508 e. The van der Waals surface area contributed by atoms with Gasteiger partial charge in [-0.1, -0.05) is 79.7 Å². The van der Waals surface area contributed by atoms with E-state index in [0.717, 1.165) is 46.0 Å². The predicted octanol–water partition coefficient (Wildman–Crippen LogP) is 6.52. The highest BCUT2D eigenvalue weighted by atomic mass is 16.3. The zero-order chi connectivity index (χ0) is 27.6. The standard InChI is InChI=1S/C29H42N6O2/c1-26(2,3)15-28(7,8)20-11-18(36)13-22-24(20)30-32-34(22)17-35-23-14-19(37)12-21(25(23)31-33-35)29(9,10)16-27(4,5)6/h11-14,36-37H,15-17H2,1-10H3. The van der Waals surface area contributed by atoms with Crippen LogP contribution in [0.3, 0.4) is 0 Å². The van der Waals surface area contributed by atoms with Gasteiger partial charge in [0.25, 0.3) is 0 Å². The third-order valence-corrected chi connectivity index (χ3v) is 6.88. The zero-order valence-electron chi connectivity index (χ0n) is 24.0. The van der Waals surface area contributed by atoms with E-state index in [0.29, 0.717) is 0 Å². The maximum absolute atomic E-state index is 10.6. The number of phenols is 2. The van der Waals surface area contributed by atoms with Crippen LogP contribution in [0.5, 0.6) is 11.5 Å². The highest BCUT2D eigenvalue weighted by molar-refractivity contribution is 5.82. The topological polar surface area (TPSA) is 102 Å². The molecule has 4 aromatic rings. The molecule has 2 aromatic carbocycles. The SMILES string of the molecule is CC(C)(C)CC(C)(C)c1cc(O)cc2c1nnn2Cn1nnc2c(C(C)(C)CC(C)(C)C)cc(O)cc21. The van der Waals surface area contributed by atoms with Crippen molar-refractivity contribution in [3.63, 3.8) is 0 Å². The fourth-order valence-corrected chi connectivity index (χ4v) is 6.32. The fraction of sp³-hybridized carbons (Fsp3) is 0.586. The first kappa shape index (κ1) is 26.9. The monoisotopic (exact) mass is 506 g/mol. The number of aromatic hydroxyl groups is 2. The zero-order valence-corrected chi connectivity index (χ0v) is 24.0. The molecule has 0 saturated carbocycles. The van der Waals surface area contributed by atoms with Crippen LogP contribution >= 0.6 is 0 Å². The molecule has 0 radical (unpaired) electrons. The average molecular weight is 507 g/mol. The minimum absolute atomic E-state index is 0.109. The van der Waals surface area contributed by atoms with Crippen LogP contribution in [0.2, 0.25) is 0 Å². The molecule has 0 fully saturated rings. The lowest BCUT2D eigenvalue weighted by Gasteiger charge is -2.33. The van der Waals surface area contributed by atoms with Gasteiger partial charge in [0.1, 0.15) is 29.2 Å². The molecular weight excluding hydrogens is 464 g/mol. The Hall–Kier alpha value is -3.16. The summed E-state index contributed by atoms with van der Waals surface area (Å²) in [5, 5.41) is 39.2. The lowest BCUT2D eigenvalue weighted by Crippen LogP contribution is -2.25. The van der Waals surface area contributed by atoms with Crippen molar-refractivity contribution in [2.24, 2.45) is 10.8 Å². The molecule has 0 saturated heterocycles. The van der Waals surface area contributed by atoms with E-state index in [-0.39, 0.29) is 39.8 Å². The maximum Gasteiger partial charge on any atom is 0.138 e. The van der Waals surface area contributed by atoms with E-state index >= 15 is 0 Å². The van der Waals surface area contributed by atoms with E-state index in [4.69, 9.17) is 0 Å². The molecule has 0 aliphatic heterocycles. The van der Waals surface area contributed by atoms with Crippen molar-refractivity contribution in [1.82, 2.24) is 30.0 Å². The quantitative estimate of drug-likeness (QED) is 0.309. The smallest absolute Gasteiger partial charge is 0.138 e. The number of hydrogen-bond acceptors (Lipinski definition) is 6. The number of fused-ring (bicyclic) bond motifs is 2. The number of benzene rings is 2. The normalized spacial score (nSPS) is 13.7. The van der Waals surface area contributed by atoms with Gasteiger partial charge in [0.05, 0.1) is 11.0 Å². The van der Waals surface area contributed by atoms with Crippen LogP contribution in [-0.2, 0) is 17.5 Å². The summed E-state index contributed by atoms with van der Waals surface area (Å²) in [5.41, 5.74) is 4.73. The van der Waals surface area contributed by atoms with Gasteiger partial charge in [0.15, 0.2) is 0 Å². The first-order valence-electron chi connectivity index (χ1n) is 13.0. The minimum atomic E-state index is -0.213. The van der Waals surface area contributed by atoms with Crippen molar-refractivity contribution in [2.75, 3.05) is 0 Å². The summed E-state index contributed by atoms with van der Waals surface area (Å²) in [4.78, 5) is 0. The Bertz CT molecular complexity index is 1340. The van der Waals surface area contributed by atoms with Crippen LogP contribution in [-0.4, -0.2) is 40.2 Å². The van der Waals surface area contributed by atoms with Crippen molar-refractivity contribution in [2.45, 2.75) is 99.6 Å². The summed E-state index contributed by atoms with van der Waals surface area (Å²) in [5.74, 6) is 0.362. The molecule has 4 rings (SSSR count). The van der Waals surface area contributed by atoms with Crippen LogP contribution in [0.1, 0.15) is 93.2 Å².